The molecule has 0 amide bonds. The molecule has 1 fully saturated rings. The van der Waals surface area contributed by atoms with Crippen LogP contribution < -0.4 is 10.2 Å². The van der Waals surface area contributed by atoms with Crippen molar-refractivity contribution in [3.05, 3.63) is 55.1 Å². The second-order valence-electron chi connectivity index (χ2n) is 8.69. The van der Waals surface area contributed by atoms with Crippen molar-refractivity contribution in [3.8, 4) is 11.3 Å². The Labute approximate surface area is 197 Å². The molecule has 34 heavy (non-hydrogen) atoms. The van der Waals surface area contributed by atoms with Crippen LogP contribution in [0.1, 0.15) is 12.8 Å². The molecule has 6 heterocycles. The Bertz CT molecular complexity index is 1360. The molecule has 4 aromatic rings. The summed E-state index contributed by atoms with van der Waals surface area (Å²) in [5.74, 6) is 3.83. The third kappa shape index (κ3) is 4.05. The minimum Gasteiger partial charge on any atom is -0.479 e. The van der Waals surface area contributed by atoms with Gasteiger partial charge in [-0.05, 0) is 37.1 Å². The fourth-order valence-electron chi connectivity index (χ4n) is 4.68. The number of aliphatic imine (C=N–C) groups is 1. The summed E-state index contributed by atoms with van der Waals surface area (Å²) in [6.45, 7) is 3.35. The van der Waals surface area contributed by atoms with Gasteiger partial charge in [0.15, 0.2) is 11.7 Å². The van der Waals surface area contributed by atoms with Crippen LogP contribution in [0.3, 0.4) is 0 Å². The van der Waals surface area contributed by atoms with Gasteiger partial charge < -0.3 is 15.0 Å². The highest BCUT2D eigenvalue weighted by molar-refractivity contribution is 5.94. The maximum absolute atomic E-state index is 5.73. The summed E-state index contributed by atoms with van der Waals surface area (Å²) in [6.07, 6.45) is 9.47. The maximum atomic E-state index is 5.73. The number of aromatic nitrogens is 5. The van der Waals surface area contributed by atoms with Gasteiger partial charge >= 0.3 is 0 Å². The Morgan fingerprint density at radius 1 is 1.06 bits per heavy atom. The molecule has 2 aliphatic heterocycles. The van der Waals surface area contributed by atoms with E-state index in [1.807, 2.05) is 43.8 Å². The number of anilines is 3. The lowest BCUT2D eigenvalue weighted by Gasteiger charge is -2.33. The summed E-state index contributed by atoms with van der Waals surface area (Å²) in [7, 11) is 1.89. The van der Waals surface area contributed by atoms with Crippen LogP contribution in [0, 0.1) is 5.92 Å². The quantitative estimate of drug-likeness (QED) is 0.490. The van der Waals surface area contributed by atoms with Gasteiger partial charge in [0.1, 0.15) is 18.2 Å². The van der Waals surface area contributed by atoms with E-state index in [1.165, 1.54) is 0 Å². The Balaban J connectivity index is 1.31. The van der Waals surface area contributed by atoms with Crippen LogP contribution in [0.2, 0.25) is 0 Å². The van der Waals surface area contributed by atoms with Gasteiger partial charge in [-0.1, -0.05) is 0 Å². The third-order valence-corrected chi connectivity index (χ3v) is 6.39. The lowest BCUT2D eigenvalue weighted by molar-refractivity contribution is 0.308. The van der Waals surface area contributed by atoms with E-state index in [9.17, 15) is 0 Å². The molecular formula is C25H26N8O. The van der Waals surface area contributed by atoms with Crippen LogP contribution in [-0.4, -0.2) is 56.9 Å². The van der Waals surface area contributed by atoms with Crippen LogP contribution in [0.5, 0.6) is 0 Å². The summed E-state index contributed by atoms with van der Waals surface area (Å²) < 4.78 is 7.48. The largest absolute Gasteiger partial charge is 0.479 e. The van der Waals surface area contributed by atoms with Gasteiger partial charge in [0.2, 0.25) is 0 Å². The van der Waals surface area contributed by atoms with Crippen LogP contribution in [0.15, 0.2) is 60.1 Å². The minimum atomic E-state index is 0.412. The van der Waals surface area contributed by atoms with Crippen molar-refractivity contribution in [1.29, 1.82) is 0 Å². The fraction of sp³-hybridized carbons (Fsp3) is 0.320. The molecule has 9 heteroatoms. The molecule has 0 spiro atoms. The highest BCUT2D eigenvalue weighted by atomic mass is 16.5. The van der Waals surface area contributed by atoms with Crippen LogP contribution in [-0.2, 0) is 11.8 Å². The number of piperidine rings is 1. The summed E-state index contributed by atoms with van der Waals surface area (Å²) in [6, 6.07) is 10.1. The van der Waals surface area contributed by atoms with Crippen molar-refractivity contribution in [2.75, 3.05) is 36.5 Å². The molecule has 4 aromatic heterocycles. The zero-order valence-corrected chi connectivity index (χ0v) is 19.1. The SMILES string of the molecule is Cn1ccc(Nc2cc(-c3cc4cnccc4c(N4CCC(C5=NCCO5)CC4)n3)ccn2)n1. The molecule has 1 saturated heterocycles. The van der Waals surface area contributed by atoms with E-state index in [-0.39, 0.29) is 0 Å². The van der Waals surface area contributed by atoms with Crippen molar-refractivity contribution in [2.24, 2.45) is 18.0 Å². The number of pyridine rings is 3. The van der Waals surface area contributed by atoms with Gasteiger partial charge in [-0.2, -0.15) is 5.10 Å². The van der Waals surface area contributed by atoms with E-state index in [4.69, 9.17) is 9.72 Å². The van der Waals surface area contributed by atoms with E-state index in [0.29, 0.717) is 5.92 Å². The van der Waals surface area contributed by atoms with E-state index < -0.39 is 0 Å². The number of nitrogens with one attached hydrogen (secondary N) is 1. The number of nitrogens with zero attached hydrogens (tertiary/aromatic N) is 7. The first-order chi connectivity index (χ1) is 16.7. The van der Waals surface area contributed by atoms with Crippen molar-refractivity contribution < 1.29 is 4.74 Å². The Hall–Kier alpha value is -4.01. The van der Waals surface area contributed by atoms with E-state index in [1.54, 1.807) is 10.9 Å². The monoisotopic (exact) mass is 454 g/mol. The number of ether oxygens (including phenoxy) is 1. The predicted octanol–water partition coefficient (Wildman–Crippen LogP) is 3.81. The average molecular weight is 455 g/mol. The van der Waals surface area contributed by atoms with Crippen molar-refractivity contribution in [2.45, 2.75) is 12.8 Å². The highest BCUT2D eigenvalue weighted by Crippen LogP contribution is 2.33. The van der Waals surface area contributed by atoms with Crippen LogP contribution in [0.25, 0.3) is 22.0 Å². The Morgan fingerprint density at radius 2 is 1.97 bits per heavy atom. The first-order valence-corrected chi connectivity index (χ1v) is 11.6. The molecular weight excluding hydrogens is 428 g/mol. The lowest BCUT2D eigenvalue weighted by atomic mass is 9.96. The van der Waals surface area contributed by atoms with E-state index in [2.05, 4.69) is 42.4 Å². The predicted molar refractivity (Wildman–Crippen MR) is 132 cm³/mol. The number of aryl methyl sites for hydroxylation is 1. The lowest BCUT2D eigenvalue weighted by Crippen LogP contribution is -2.37. The van der Waals surface area contributed by atoms with Crippen LogP contribution in [0.4, 0.5) is 17.5 Å². The van der Waals surface area contributed by atoms with Gasteiger partial charge in [0, 0.05) is 73.2 Å². The molecule has 0 unspecified atom stereocenters. The first-order valence-electron chi connectivity index (χ1n) is 11.6. The molecule has 2 aliphatic rings. The van der Waals surface area contributed by atoms with E-state index in [0.717, 1.165) is 84.5 Å². The van der Waals surface area contributed by atoms with Crippen LogP contribution >= 0.6 is 0 Å². The van der Waals surface area contributed by atoms with Gasteiger partial charge in [0.25, 0.3) is 0 Å². The zero-order chi connectivity index (χ0) is 22.9. The Kier molecular flexibility index (Phi) is 5.29. The molecule has 9 nitrogen and oxygen atoms in total. The average Bonchev–Trinajstić information content (AvgIpc) is 3.56. The molecule has 0 bridgehead atoms. The molecule has 0 atom stereocenters. The summed E-state index contributed by atoms with van der Waals surface area (Å²) in [5, 5.41) is 9.83. The van der Waals surface area contributed by atoms with Crippen molar-refractivity contribution >= 4 is 34.1 Å². The van der Waals surface area contributed by atoms with E-state index >= 15 is 0 Å². The first kappa shape index (κ1) is 20.6. The molecule has 172 valence electrons. The smallest absolute Gasteiger partial charge is 0.186 e. The summed E-state index contributed by atoms with van der Waals surface area (Å²) >= 11 is 0. The van der Waals surface area contributed by atoms with Crippen molar-refractivity contribution in [1.82, 2.24) is 24.7 Å². The zero-order valence-electron chi connectivity index (χ0n) is 19.1. The molecule has 0 aromatic carbocycles. The van der Waals surface area contributed by atoms with Gasteiger partial charge in [-0.15, -0.1) is 0 Å². The second-order valence-corrected chi connectivity index (χ2v) is 8.69. The van der Waals surface area contributed by atoms with Crippen molar-refractivity contribution in [3.63, 3.8) is 0 Å². The molecule has 1 N–H and O–H groups in total. The Morgan fingerprint density at radius 3 is 2.76 bits per heavy atom. The third-order valence-electron chi connectivity index (χ3n) is 6.39. The topological polar surface area (TPSA) is 93.4 Å². The van der Waals surface area contributed by atoms with Gasteiger partial charge in [-0.3, -0.25) is 14.7 Å². The minimum absolute atomic E-state index is 0.412. The molecule has 0 radical (unpaired) electrons. The molecule has 0 aliphatic carbocycles. The highest BCUT2D eigenvalue weighted by Gasteiger charge is 2.27. The fourth-order valence-corrected chi connectivity index (χ4v) is 4.68. The molecule has 0 saturated carbocycles. The summed E-state index contributed by atoms with van der Waals surface area (Å²) in [5.41, 5.74) is 1.89. The number of hydrogen-bond acceptors (Lipinski definition) is 8. The number of hydrogen-bond donors (Lipinski definition) is 1. The van der Waals surface area contributed by atoms with Gasteiger partial charge in [0.05, 0.1) is 12.2 Å². The number of fused-ring (bicyclic) bond motifs is 1. The maximum Gasteiger partial charge on any atom is 0.186 e. The number of rotatable bonds is 5. The normalized spacial score (nSPS) is 16.5. The standard InChI is InChI=1S/C25H26N8O/c1-32-10-6-22(31-32)30-23-15-18(2-8-27-23)21-14-19-16-26-7-3-20(19)24(29-21)33-11-4-17(5-12-33)25-28-9-13-34-25/h2-3,6-8,10,14-17H,4-5,9,11-13H2,1H3,(H,27,30,31). The summed E-state index contributed by atoms with van der Waals surface area (Å²) in [4.78, 5) is 20.9. The second kappa shape index (κ2) is 8.74. The molecule has 6 rings (SSSR count). The van der Waals surface area contributed by atoms with Gasteiger partial charge in [-0.25, -0.2) is 9.97 Å².